The first kappa shape index (κ1) is 11.0. The van der Waals surface area contributed by atoms with Crippen molar-refractivity contribution in [2.24, 2.45) is 5.73 Å². The molecular weight excluding hydrogens is 232 g/mol. The summed E-state index contributed by atoms with van der Waals surface area (Å²) in [7, 11) is 0. The first-order valence-electron chi connectivity index (χ1n) is 6.00. The highest BCUT2D eigenvalue weighted by Crippen LogP contribution is 2.29. The predicted octanol–water partition coefficient (Wildman–Crippen LogP) is 1.80. The van der Waals surface area contributed by atoms with Crippen molar-refractivity contribution in [1.82, 2.24) is 14.6 Å². The number of hydrogen-bond donors (Lipinski definition) is 1. The average Bonchev–Trinajstić information content (AvgIpc) is 2.83. The third-order valence-electron chi connectivity index (χ3n) is 3.20. The van der Waals surface area contributed by atoms with Gasteiger partial charge in [0.25, 0.3) is 0 Å². The van der Waals surface area contributed by atoms with Gasteiger partial charge in [-0.3, -0.25) is 0 Å². The van der Waals surface area contributed by atoms with E-state index < -0.39 is 0 Å². The Morgan fingerprint density at radius 1 is 1.53 bits per heavy atom. The standard InChI is InChI=1S/C12H16N4S/c13-7-9-3-1-5-16-12(9)14-11(15-16)10-4-2-6-17-8-10/h1,3,5,10H,2,4,6-8,13H2. The number of hydrogen-bond acceptors (Lipinski definition) is 4. The van der Waals surface area contributed by atoms with Crippen molar-refractivity contribution < 1.29 is 0 Å². The van der Waals surface area contributed by atoms with Gasteiger partial charge in [0.05, 0.1) is 0 Å². The third-order valence-corrected chi connectivity index (χ3v) is 4.42. The molecule has 2 N–H and O–H groups in total. The second kappa shape index (κ2) is 4.66. The number of nitrogens with two attached hydrogens (primary N) is 1. The highest BCUT2D eigenvalue weighted by molar-refractivity contribution is 7.99. The molecule has 2 aromatic heterocycles. The van der Waals surface area contributed by atoms with Crippen molar-refractivity contribution in [2.75, 3.05) is 11.5 Å². The first-order chi connectivity index (χ1) is 8.38. The highest BCUT2D eigenvalue weighted by Gasteiger charge is 2.20. The molecule has 0 aliphatic carbocycles. The molecule has 0 bridgehead atoms. The van der Waals surface area contributed by atoms with Gasteiger partial charge in [-0.1, -0.05) is 6.07 Å². The number of pyridine rings is 1. The van der Waals surface area contributed by atoms with Gasteiger partial charge in [-0.05, 0) is 24.7 Å². The summed E-state index contributed by atoms with van der Waals surface area (Å²) in [5.74, 6) is 3.92. The van der Waals surface area contributed by atoms with Crippen LogP contribution in [0.2, 0.25) is 0 Å². The fourth-order valence-electron chi connectivity index (χ4n) is 2.25. The fourth-order valence-corrected chi connectivity index (χ4v) is 3.39. The molecule has 3 heterocycles. The Balaban J connectivity index is 2.00. The number of thioether (sulfide) groups is 1. The lowest BCUT2D eigenvalue weighted by molar-refractivity contribution is 0.622. The largest absolute Gasteiger partial charge is 0.326 e. The Morgan fingerprint density at radius 3 is 3.24 bits per heavy atom. The van der Waals surface area contributed by atoms with Crippen molar-refractivity contribution in [1.29, 1.82) is 0 Å². The monoisotopic (exact) mass is 248 g/mol. The molecular formula is C12H16N4S. The van der Waals surface area contributed by atoms with Crippen LogP contribution in [0.3, 0.4) is 0 Å². The smallest absolute Gasteiger partial charge is 0.160 e. The van der Waals surface area contributed by atoms with Crippen LogP contribution in [0.15, 0.2) is 18.3 Å². The molecule has 1 unspecified atom stereocenters. The minimum absolute atomic E-state index is 0.513. The predicted molar refractivity (Wildman–Crippen MR) is 70.2 cm³/mol. The van der Waals surface area contributed by atoms with E-state index in [-0.39, 0.29) is 0 Å². The van der Waals surface area contributed by atoms with Gasteiger partial charge >= 0.3 is 0 Å². The number of fused-ring (bicyclic) bond motifs is 1. The minimum Gasteiger partial charge on any atom is -0.326 e. The van der Waals surface area contributed by atoms with E-state index in [1.807, 2.05) is 34.6 Å². The Morgan fingerprint density at radius 2 is 2.47 bits per heavy atom. The van der Waals surface area contributed by atoms with E-state index in [2.05, 4.69) is 10.1 Å². The Labute approximate surface area is 105 Å². The average molecular weight is 248 g/mol. The molecule has 4 nitrogen and oxygen atoms in total. The third kappa shape index (κ3) is 2.05. The normalized spacial score (nSPS) is 20.9. The lowest BCUT2D eigenvalue weighted by Gasteiger charge is -2.17. The van der Waals surface area contributed by atoms with Gasteiger partial charge in [0.15, 0.2) is 11.5 Å². The lowest BCUT2D eigenvalue weighted by atomic mass is 10.1. The van der Waals surface area contributed by atoms with Crippen LogP contribution in [-0.2, 0) is 6.54 Å². The maximum Gasteiger partial charge on any atom is 0.160 e. The molecule has 0 spiro atoms. The van der Waals surface area contributed by atoms with Crippen LogP contribution in [0.1, 0.15) is 30.1 Å². The van der Waals surface area contributed by atoms with Crippen LogP contribution in [-0.4, -0.2) is 26.1 Å². The molecule has 0 radical (unpaired) electrons. The zero-order chi connectivity index (χ0) is 11.7. The maximum atomic E-state index is 5.72. The Bertz CT molecular complexity index is 516. The molecule has 3 rings (SSSR count). The maximum absolute atomic E-state index is 5.72. The van der Waals surface area contributed by atoms with E-state index >= 15 is 0 Å². The van der Waals surface area contributed by atoms with Gasteiger partial charge in [0, 0.05) is 30.0 Å². The van der Waals surface area contributed by atoms with E-state index in [0.717, 1.165) is 22.8 Å². The summed E-state index contributed by atoms with van der Waals surface area (Å²) in [6.45, 7) is 0.516. The molecule has 17 heavy (non-hydrogen) atoms. The van der Waals surface area contributed by atoms with E-state index in [1.165, 1.54) is 18.6 Å². The molecule has 1 fully saturated rings. The summed E-state index contributed by atoms with van der Waals surface area (Å²) in [6.07, 6.45) is 4.43. The topological polar surface area (TPSA) is 56.2 Å². The van der Waals surface area contributed by atoms with Crippen LogP contribution in [0.4, 0.5) is 0 Å². The van der Waals surface area contributed by atoms with Crippen LogP contribution < -0.4 is 5.73 Å². The molecule has 1 saturated heterocycles. The number of rotatable bonds is 2. The molecule has 0 aromatic carbocycles. The Hall–Kier alpha value is -1.07. The molecule has 0 saturated carbocycles. The first-order valence-corrected chi connectivity index (χ1v) is 7.16. The zero-order valence-electron chi connectivity index (χ0n) is 9.67. The molecule has 1 aliphatic heterocycles. The summed E-state index contributed by atoms with van der Waals surface area (Å²) < 4.78 is 1.86. The van der Waals surface area contributed by atoms with Crippen LogP contribution in [0.5, 0.6) is 0 Å². The van der Waals surface area contributed by atoms with E-state index in [1.54, 1.807) is 0 Å². The van der Waals surface area contributed by atoms with Gasteiger partial charge in [-0.25, -0.2) is 9.50 Å². The minimum atomic E-state index is 0.513. The van der Waals surface area contributed by atoms with Gasteiger partial charge in [0.1, 0.15) is 0 Å². The van der Waals surface area contributed by atoms with E-state index in [4.69, 9.17) is 5.73 Å². The van der Waals surface area contributed by atoms with Gasteiger partial charge in [-0.15, -0.1) is 0 Å². The van der Waals surface area contributed by atoms with Crippen LogP contribution in [0, 0.1) is 0 Å². The SMILES string of the molecule is NCc1cccn2nc(C3CCCSC3)nc12. The quantitative estimate of drug-likeness (QED) is 0.880. The highest BCUT2D eigenvalue weighted by atomic mass is 32.2. The number of nitrogens with zero attached hydrogens (tertiary/aromatic N) is 3. The molecule has 5 heteroatoms. The summed E-state index contributed by atoms with van der Waals surface area (Å²) in [6, 6.07) is 3.99. The van der Waals surface area contributed by atoms with E-state index in [9.17, 15) is 0 Å². The number of aromatic nitrogens is 3. The van der Waals surface area contributed by atoms with Gasteiger partial charge in [0.2, 0.25) is 0 Å². The molecule has 2 aromatic rings. The fraction of sp³-hybridized carbons (Fsp3) is 0.500. The van der Waals surface area contributed by atoms with Crippen molar-refractivity contribution in [3.63, 3.8) is 0 Å². The van der Waals surface area contributed by atoms with Crippen molar-refractivity contribution in [3.05, 3.63) is 29.7 Å². The second-order valence-corrected chi connectivity index (χ2v) is 5.54. The summed E-state index contributed by atoms with van der Waals surface area (Å²) >= 11 is 2.00. The van der Waals surface area contributed by atoms with Crippen LogP contribution >= 0.6 is 11.8 Å². The van der Waals surface area contributed by atoms with Crippen molar-refractivity contribution in [2.45, 2.75) is 25.3 Å². The Kier molecular flexibility index (Phi) is 3.03. The van der Waals surface area contributed by atoms with Gasteiger partial charge < -0.3 is 5.73 Å². The summed E-state index contributed by atoms with van der Waals surface area (Å²) in [5, 5.41) is 4.58. The van der Waals surface area contributed by atoms with Crippen molar-refractivity contribution >= 4 is 17.4 Å². The molecule has 1 atom stereocenters. The molecule has 90 valence electrons. The summed E-state index contributed by atoms with van der Waals surface area (Å²) in [4.78, 5) is 4.67. The molecule has 0 amide bonds. The second-order valence-electron chi connectivity index (χ2n) is 4.39. The summed E-state index contributed by atoms with van der Waals surface area (Å²) in [5.41, 5.74) is 7.70. The van der Waals surface area contributed by atoms with Crippen molar-refractivity contribution in [3.8, 4) is 0 Å². The van der Waals surface area contributed by atoms with Gasteiger partial charge in [-0.2, -0.15) is 16.9 Å². The zero-order valence-corrected chi connectivity index (χ0v) is 10.5. The molecule has 1 aliphatic rings. The van der Waals surface area contributed by atoms with E-state index in [0.29, 0.717) is 12.5 Å². The lowest BCUT2D eigenvalue weighted by Crippen LogP contribution is -2.10. The van der Waals surface area contributed by atoms with Crippen LogP contribution in [0.25, 0.3) is 5.65 Å².